The predicted molar refractivity (Wildman–Crippen MR) is 108 cm³/mol. The summed E-state index contributed by atoms with van der Waals surface area (Å²) in [5.41, 5.74) is 9.34. The van der Waals surface area contributed by atoms with E-state index in [1.54, 1.807) is 7.11 Å². The van der Waals surface area contributed by atoms with Crippen molar-refractivity contribution in [2.45, 2.75) is 19.8 Å². The molecule has 0 heterocycles. The van der Waals surface area contributed by atoms with Crippen LogP contribution in [0.3, 0.4) is 0 Å². The van der Waals surface area contributed by atoms with Crippen molar-refractivity contribution >= 4 is 35.6 Å². The fraction of sp³-hybridized carbons (Fsp3) is 0.278. The molecule has 0 unspecified atom stereocenters. The lowest BCUT2D eigenvalue weighted by Gasteiger charge is -2.06. The Morgan fingerprint density at radius 2 is 1.91 bits per heavy atom. The second-order valence-electron chi connectivity index (χ2n) is 5.21. The number of hydrogen-bond acceptors (Lipinski definition) is 2. The van der Waals surface area contributed by atoms with E-state index >= 15 is 0 Å². The van der Waals surface area contributed by atoms with Crippen molar-refractivity contribution in [3.63, 3.8) is 0 Å². The number of halogens is 1. The highest BCUT2D eigenvalue weighted by molar-refractivity contribution is 14.0. The lowest BCUT2D eigenvalue weighted by atomic mass is 10.1. The van der Waals surface area contributed by atoms with E-state index in [4.69, 9.17) is 10.5 Å². The van der Waals surface area contributed by atoms with E-state index in [1.165, 1.54) is 11.1 Å². The molecule has 23 heavy (non-hydrogen) atoms. The Balaban J connectivity index is 0.00000264. The molecular formula is C18H24IN3O. The Labute approximate surface area is 155 Å². The molecule has 0 aliphatic rings. The number of aliphatic imine (C=N–C) groups is 1. The van der Waals surface area contributed by atoms with Gasteiger partial charge in [-0.2, -0.15) is 0 Å². The van der Waals surface area contributed by atoms with Crippen LogP contribution in [0.4, 0.5) is 5.69 Å². The minimum atomic E-state index is 0. The molecule has 0 amide bonds. The highest BCUT2D eigenvalue weighted by Crippen LogP contribution is 2.12. The number of anilines is 1. The van der Waals surface area contributed by atoms with Gasteiger partial charge < -0.3 is 15.8 Å². The van der Waals surface area contributed by atoms with Crippen LogP contribution in [0.15, 0.2) is 53.5 Å². The van der Waals surface area contributed by atoms with Crippen LogP contribution in [-0.2, 0) is 6.42 Å². The molecule has 0 bridgehead atoms. The van der Waals surface area contributed by atoms with Gasteiger partial charge in [0.1, 0.15) is 5.75 Å². The maximum absolute atomic E-state index is 5.90. The molecule has 2 aromatic carbocycles. The Morgan fingerprint density at radius 3 is 2.57 bits per heavy atom. The van der Waals surface area contributed by atoms with E-state index in [1.807, 2.05) is 43.3 Å². The molecule has 5 heteroatoms. The van der Waals surface area contributed by atoms with Crippen molar-refractivity contribution in [3.8, 4) is 5.75 Å². The Bertz CT molecular complexity index is 626. The number of guanidine groups is 1. The monoisotopic (exact) mass is 425 g/mol. The minimum absolute atomic E-state index is 0. The molecule has 2 rings (SSSR count). The third-order valence-electron chi connectivity index (χ3n) is 3.36. The molecule has 124 valence electrons. The minimum Gasteiger partial charge on any atom is -0.497 e. The van der Waals surface area contributed by atoms with E-state index < -0.39 is 0 Å². The van der Waals surface area contributed by atoms with Crippen LogP contribution in [0.1, 0.15) is 17.5 Å². The first kappa shape index (κ1) is 19.3. The van der Waals surface area contributed by atoms with Gasteiger partial charge in [0.15, 0.2) is 5.96 Å². The van der Waals surface area contributed by atoms with Crippen LogP contribution in [0, 0.1) is 6.92 Å². The average molecular weight is 425 g/mol. The number of hydrogen-bond donors (Lipinski definition) is 2. The van der Waals surface area contributed by atoms with Gasteiger partial charge in [-0.1, -0.05) is 24.3 Å². The first-order valence-electron chi connectivity index (χ1n) is 7.44. The number of benzene rings is 2. The van der Waals surface area contributed by atoms with Gasteiger partial charge in [-0.25, -0.2) is 0 Å². The molecular weight excluding hydrogens is 401 g/mol. The number of nitrogens with one attached hydrogen (secondary N) is 1. The van der Waals surface area contributed by atoms with Crippen LogP contribution in [0.5, 0.6) is 5.75 Å². The Morgan fingerprint density at radius 1 is 1.17 bits per heavy atom. The second kappa shape index (κ2) is 10.1. The summed E-state index contributed by atoms with van der Waals surface area (Å²) in [6.07, 6.45) is 1.94. The lowest BCUT2D eigenvalue weighted by Crippen LogP contribution is -2.22. The van der Waals surface area contributed by atoms with Crippen molar-refractivity contribution < 1.29 is 4.74 Å². The van der Waals surface area contributed by atoms with E-state index in [2.05, 4.69) is 22.4 Å². The van der Waals surface area contributed by atoms with Gasteiger partial charge in [0.05, 0.1) is 7.11 Å². The van der Waals surface area contributed by atoms with Crippen LogP contribution in [0.25, 0.3) is 0 Å². The first-order valence-corrected chi connectivity index (χ1v) is 7.44. The molecule has 0 atom stereocenters. The number of nitrogens with two attached hydrogens (primary N) is 1. The number of methoxy groups -OCH3 is 1. The van der Waals surface area contributed by atoms with E-state index in [-0.39, 0.29) is 24.0 Å². The van der Waals surface area contributed by atoms with Crippen LogP contribution in [0.2, 0.25) is 0 Å². The summed E-state index contributed by atoms with van der Waals surface area (Å²) in [5.74, 6) is 1.34. The normalized spacial score (nSPS) is 10.8. The maximum Gasteiger partial charge on any atom is 0.193 e. The zero-order chi connectivity index (χ0) is 15.8. The van der Waals surface area contributed by atoms with Gasteiger partial charge in [-0.3, -0.25) is 4.99 Å². The largest absolute Gasteiger partial charge is 0.497 e. The van der Waals surface area contributed by atoms with Crippen LogP contribution in [-0.4, -0.2) is 19.6 Å². The predicted octanol–water partition coefficient (Wildman–Crippen LogP) is 3.98. The van der Waals surface area contributed by atoms with Crippen LogP contribution >= 0.6 is 24.0 Å². The molecule has 0 aromatic heterocycles. The van der Waals surface area contributed by atoms with Crippen molar-refractivity contribution in [2.24, 2.45) is 10.7 Å². The number of rotatable bonds is 6. The molecule has 0 spiro atoms. The summed E-state index contributed by atoms with van der Waals surface area (Å²) >= 11 is 0. The smallest absolute Gasteiger partial charge is 0.193 e. The molecule has 0 aliphatic heterocycles. The van der Waals surface area contributed by atoms with Gasteiger partial charge in [-0.05, 0) is 55.2 Å². The highest BCUT2D eigenvalue weighted by atomic mass is 127. The fourth-order valence-electron chi connectivity index (χ4n) is 2.19. The summed E-state index contributed by atoms with van der Waals surface area (Å²) < 4.78 is 5.14. The third kappa shape index (κ3) is 6.90. The first-order chi connectivity index (χ1) is 10.7. The number of nitrogens with zero attached hydrogens (tertiary/aromatic N) is 1. The summed E-state index contributed by atoms with van der Waals surface area (Å²) in [7, 11) is 1.67. The zero-order valence-corrected chi connectivity index (χ0v) is 15.9. The second-order valence-corrected chi connectivity index (χ2v) is 5.21. The van der Waals surface area contributed by atoms with Gasteiger partial charge in [-0.15, -0.1) is 24.0 Å². The summed E-state index contributed by atoms with van der Waals surface area (Å²) in [6, 6.07) is 16.2. The number of ether oxygens (including phenoxy) is 1. The average Bonchev–Trinajstić information content (AvgIpc) is 2.52. The van der Waals surface area contributed by atoms with Gasteiger partial charge in [0.2, 0.25) is 0 Å². The molecule has 0 radical (unpaired) electrons. The van der Waals surface area contributed by atoms with E-state index in [9.17, 15) is 0 Å². The van der Waals surface area contributed by atoms with E-state index in [0.717, 1.165) is 24.3 Å². The number of aryl methyl sites for hydroxylation is 2. The molecule has 0 saturated heterocycles. The summed E-state index contributed by atoms with van der Waals surface area (Å²) in [6.45, 7) is 2.75. The SMILES string of the molecule is COc1ccc(CCCN=C(N)Nc2cccc(C)c2)cc1.I. The lowest BCUT2D eigenvalue weighted by molar-refractivity contribution is 0.414. The molecule has 4 nitrogen and oxygen atoms in total. The third-order valence-corrected chi connectivity index (χ3v) is 3.36. The standard InChI is InChI=1S/C18H23N3O.HI/c1-14-5-3-7-16(13-14)21-18(19)20-12-4-6-15-8-10-17(22-2)11-9-15;/h3,5,7-11,13H,4,6,12H2,1-2H3,(H3,19,20,21);1H. The molecule has 2 aromatic rings. The van der Waals surface area contributed by atoms with Crippen molar-refractivity contribution in [1.29, 1.82) is 0 Å². The quantitative estimate of drug-likeness (QED) is 0.319. The molecule has 0 fully saturated rings. The maximum atomic E-state index is 5.90. The Hall–Kier alpha value is -1.76. The van der Waals surface area contributed by atoms with Crippen molar-refractivity contribution in [1.82, 2.24) is 0 Å². The summed E-state index contributed by atoms with van der Waals surface area (Å²) in [5, 5.41) is 3.11. The Kier molecular flexibility index (Phi) is 8.47. The topological polar surface area (TPSA) is 59.6 Å². The highest BCUT2D eigenvalue weighted by Gasteiger charge is 1.97. The van der Waals surface area contributed by atoms with Gasteiger partial charge in [0.25, 0.3) is 0 Å². The van der Waals surface area contributed by atoms with Gasteiger partial charge >= 0.3 is 0 Å². The van der Waals surface area contributed by atoms with Gasteiger partial charge in [0, 0.05) is 12.2 Å². The zero-order valence-electron chi connectivity index (χ0n) is 13.6. The summed E-state index contributed by atoms with van der Waals surface area (Å²) in [4.78, 5) is 4.36. The van der Waals surface area contributed by atoms with Crippen LogP contribution < -0.4 is 15.8 Å². The molecule has 0 aliphatic carbocycles. The van der Waals surface area contributed by atoms with Crippen molar-refractivity contribution in [2.75, 3.05) is 19.0 Å². The van der Waals surface area contributed by atoms with Crippen molar-refractivity contribution in [3.05, 3.63) is 59.7 Å². The molecule has 0 saturated carbocycles. The molecule has 3 N–H and O–H groups in total. The fourth-order valence-corrected chi connectivity index (χ4v) is 2.19. The van der Waals surface area contributed by atoms with E-state index in [0.29, 0.717) is 12.5 Å².